The van der Waals surface area contributed by atoms with Crippen LogP contribution < -0.4 is 0 Å². The summed E-state index contributed by atoms with van der Waals surface area (Å²) in [5.41, 5.74) is 11.6. The molecular weight excluding hydrogens is 637 g/mol. The molecular formula is C49H32OS. The second-order valence-corrected chi connectivity index (χ2v) is 14.3. The van der Waals surface area contributed by atoms with Crippen LogP contribution in [-0.4, -0.2) is 0 Å². The Balaban J connectivity index is 1.10. The minimum absolute atomic E-state index is 0.893. The molecule has 0 unspecified atom stereocenters. The average Bonchev–Trinajstić information content (AvgIpc) is 3.73. The van der Waals surface area contributed by atoms with Crippen molar-refractivity contribution in [3.63, 3.8) is 0 Å². The molecule has 1 nitrogen and oxygen atoms in total. The van der Waals surface area contributed by atoms with E-state index in [0.717, 1.165) is 39.0 Å². The molecule has 10 rings (SSSR count). The number of hydrogen-bond donors (Lipinski definition) is 0. The predicted molar refractivity (Wildman–Crippen MR) is 221 cm³/mol. The Labute approximate surface area is 300 Å². The SMILES string of the molecule is C=Cc1ccc2sc3ccccc3c2c1-c1c(C)oc2cc(-c3ccc(-c4c5ccccc5c(-c5ccccc5)c5ccccc45)cc3)ccc12. The molecule has 0 spiro atoms. The zero-order valence-electron chi connectivity index (χ0n) is 28.1. The Kier molecular flexibility index (Phi) is 6.80. The first kappa shape index (κ1) is 29.7. The highest BCUT2D eigenvalue weighted by Gasteiger charge is 2.21. The van der Waals surface area contributed by atoms with E-state index in [9.17, 15) is 0 Å². The molecule has 0 saturated heterocycles. The summed E-state index contributed by atoms with van der Waals surface area (Å²) in [6.45, 7) is 6.27. The van der Waals surface area contributed by atoms with Gasteiger partial charge in [-0.2, -0.15) is 0 Å². The molecule has 0 aliphatic carbocycles. The van der Waals surface area contributed by atoms with E-state index in [2.05, 4.69) is 171 Å². The molecule has 10 aromatic rings. The summed E-state index contributed by atoms with van der Waals surface area (Å²) in [5, 5.41) is 8.72. The van der Waals surface area contributed by atoms with Gasteiger partial charge in [0.15, 0.2) is 0 Å². The van der Waals surface area contributed by atoms with Crippen LogP contribution in [0.2, 0.25) is 0 Å². The van der Waals surface area contributed by atoms with E-state index < -0.39 is 0 Å². The van der Waals surface area contributed by atoms with Crippen molar-refractivity contribution in [2.24, 2.45) is 0 Å². The molecule has 8 aromatic carbocycles. The van der Waals surface area contributed by atoms with Gasteiger partial charge in [-0.3, -0.25) is 0 Å². The fourth-order valence-corrected chi connectivity index (χ4v) is 9.28. The van der Waals surface area contributed by atoms with Crippen molar-refractivity contribution in [2.45, 2.75) is 6.92 Å². The van der Waals surface area contributed by atoms with Gasteiger partial charge in [-0.05, 0) is 91.7 Å². The van der Waals surface area contributed by atoms with E-state index >= 15 is 0 Å². The van der Waals surface area contributed by atoms with Crippen molar-refractivity contribution in [1.29, 1.82) is 0 Å². The van der Waals surface area contributed by atoms with E-state index in [4.69, 9.17) is 4.42 Å². The van der Waals surface area contributed by atoms with Gasteiger partial charge in [0, 0.05) is 36.7 Å². The summed E-state index contributed by atoms with van der Waals surface area (Å²) in [4.78, 5) is 0. The first-order valence-electron chi connectivity index (χ1n) is 17.4. The maximum Gasteiger partial charge on any atom is 0.135 e. The summed E-state index contributed by atoms with van der Waals surface area (Å²) in [6.07, 6.45) is 1.97. The molecule has 0 aliphatic rings. The van der Waals surface area contributed by atoms with Crippen molar-refractivity contribution in [2.75, 3.05) is 0 Å². The topological polar surface area (TPSA) is 13.1 Å². The zero-order chi connectivity index (χ0) is 34.1. The Morgan fingerprint density at radius 1 is 0.451 bits per heavy atom. The van der Waals surface area contributed by atoms with Crippen LogP contribution in [0.15, 0.2) is 169 Å². The third kappa shape index (κ3) is 4.61. The van der Waals surface area contributed by atoms with Gasteiger partial charge in [-0.15, -0.1) is 11.3 Å². The first-order chi connectivity index (χ1) is 25.2. The van der Waals surface area contributed by atoms with E-state index in [0.29, 0.717) is 0 Å². The van der Waals surface area contributed by atoms with Crippen LogP contribution in [0, 0.1) is 6.92 Å². The summed E-state index contributed by atoms with van der Waals surface area (Å²) < 4.78 is 9.13. The fourth-order valence-electron chi connectivity index (χ4n) is 8.17. The molecule has 0 saturated carbocycles. The molecule has 0 atom stereocenters. The lowest BCUT2D eigenvalue weighted by atomic mass is 9.85. The van der Waals surface area contributed by atoms with E-state index in [1.54, 1.807) is 0 Å². The van der Waals surface area contributed by atoms with Crippen molar-refractivity contribution < 1.29 is 4.42 Å². The monoisotopic (exact) mass is 668 g/mol. The lowest BCUT2D eigenvalue weighted by Gasteiger charge is -2.18. The average molecular weight is 669 g/mol. The number of rotatable bonds is 5. The van der Waals surface area contributed by atoms with Crippen LogP contribution in [0.5, 0.6) is 0 Å². The summed E-state index contributed by atoms with van der Waals surface area (Å²) in [7, 11) is 0. The van der Waals surface area contributed by atoms with Crippen LogP contribution in [0.1, 0.15) is 11.3 Å². The van der Waals surface area contributed by atoms with Crippen molar-refractivity contribution in [3.05, 3.63) is 176 Å². The van der Waals surface area contributed by atoms with Crippen LogP contribution in [0.25, 0.3) is 103 Å². The minimum atomic E-state index is 0.893. The summed E-state index contributed by atoms with van der Waals surface area (Å²) >= 11 is 1.84. The Morgan fingerprint density at radius 2 is 1.00 bits per heavy atom. The van der Waals surface area contributed by atoms with Gasteiger partial charge in [0.1, 0.15) is 11.3 Å². The highest BCUT2D eigenvalue weighted by atomic mass is 32.1. The van der Waals surface area contributed by atoms with Gasteiger partial charge in [0.25, 0.3) is 0 Å². The number of furan rings is 1. The van der Waals surface area contributed by atoms with E-state index in [-0.39, 0.29) is 0 Å². The van der Waals surface area contributed by atoms with Crippen molar-refractivity contribution in [1.82, 2.24) is 0 Å². The zero-order valence-corrected chi connectivity index (χ0v) is 28.9. The molecule has 2 aromatic heterocycles. The summed E-state index contributed by atoms with van der Waals surface area (Å²) in [5.74, 6) is 0.918. The molecule has 240 valence electrons. The minimum Gasteiger partial charge on any atom is -0.461 e. The van der Waals surface area contributed by atoms with Gasteiger partial charge in [0.2, 0.25) is 0 Å². The second-order valence-electron chi connectivity index (χ2n) is 13.2. The molecule has 2 heteroatoms. The third-order valence-corrected chi connectivity index (χ3v) is 11.5. The Bertz CT molecular complexity index is 2920. The normalized spacial score (nSPS) is 11.7. The Morgan fingerprint density at radius 3 is 1.65 bits per heavy atom. The molecule has 0 bridgehead atoms. The highest BCUT2D eigenvalue weighted by molar-refractivity contribution is 7.26. The van der Waals surface area contributed by atoms with Crippen LogP contribution in [-0.2, 0) is 0 Å². The highest BCUT2D eigenvalue weighted by Crippen LogP contribution is 2.47. The first-order valence-corrected chi connectivity index (χ1v) is 18.2. The van der Waals surface area contributed by atoms with Crippen molar-refractivity contribution >= 4 is 70.1 Å². The van der Waals surface area contributed by atoms with E-state index in [1.807, 2.05) is 17.4 Å². The van der Waals surface area contributed by atoms with Gasteiger partial charge in [-0.25, -0.2) is 0 Å². The van der Waals surface area contributed by atoms with Crippen LogP contribution in [0.4, 0.5) is 0 Å². The molecule has 0 fully saturated rings. The number of aryl methyl sites for hydroxylation is 1. The van der Waals surface area contributed by atoms with Gasteiger partial charge >= 0.3 is 0 Å². The molecule has 2 heterocycles. The van der Waals surface area contributed by atoms with Crippen molar-refractivity contribution in [3.8, 4) is 44.5 Å². The van der Waals surface area contributed by atoms with Gasteiger partial charge in [0.05, 0.1) is 0 Å². The number of thiophene rings is 1. The number of benzene rings is 8. The van der Waals surface area contributed by atoms with Gasteiger partial charge in [-0.1, -0.05) is 146 Å². The maximum absolute atomic E-state index is 6.56. The molecule has 0 aliphatic heterocycles. The third-order valence-electron chi connectivity index (χ3n) is 10.4. The molecule has 0 radical (unpaired) electrons. The standard InChI is InChI=1S/C49H32OS/c1-3-31-26-28-44-49(41-19-11-12-20-43(41)51-44)48(31)45-30(2)50-42-29-35(25-27-40(42)45)32-21-23-34(24-22-32)47-38-17-9-7-15-36(38)46(33-13-5-4-6-14-33)37-16-8-10-18-39(37)47/h3-29H,1H2,2H3. The number of fused-ring (bicyclic) bond motifs is 6. The molecule has 51 heavy (non-hydrogen) atoms. The largest absolute Gasteiger partial charge is 0.461 e. The maximum atomic E-state index is 6.56. The predicted octanol–water partition coefficient (Wildman–Crippen LogP) is 14.7. The van der Waals surface area contributed by atoms with Crippen LogP contribution in [0.3, 0.4) is 0 Å². The second kappa shape index (κ2) is 11.7. The lowest BCUT2D eigenvalue weighted by Crippen LogP contribution is -1.90. The Hall–Kier alpha value is -6.22. The number of hydrogen-bond acceptors (Lipinski definition) is 2. The van der Waals surface area contributed by atoms with E-state index in [1.165, 1.54) is 69.5 Å². The van der Waals surface area contributed by atoms with Crippen LogP contribution >= 0.6 is 11.3 Å². The molecule has 0 N–H and O–H groups in total. The smallest absolute Gasteiger partial charge is 0.135 e. The quantitative estimate of drug-likeness (QED) is 0.166. The van der Waals surface area contributed by atoms with Gasteiger partial charge < -0.3 is 4.42 Å². The molecule has 0 amide bonds. The fraction of sp³-hybridized carbons (Fsp3) is 0.0204. The lowest BCUT2D eigenvalue weighted by molar-refractivity contribution is 0.580. The summed E-state index contributed by atoms with van der Waals surface area (Å²) in [6, 6.07) is 57.2.